The summed E-state index contributed by atoms with van der Waals surface area (Å²) in [5, 5.41) is 8.86. The van der Waals surface area contributed by atoms with E-state index >= 15 is 0 Å². The molecule has 1 unspecified atom stereocenters. The van der Waals surface area contributed by atoms with Gasteiger partial charge in [0.15, 0.2) is 0 Å². The Balaban J connectivity index is 1.76. The van der Waals surface area contributed by atoms with Gasteiger partial charge in [-0.3, -0.25) is 4.79 Å². The predicted molar refractivity (Wildman–Crippen MR) is 88.9 cm³/mol. The van der Waals surface area contributed by atoms with Crippen LogP contribution < -0.4 is 4.90 Å². The first kappa shape index (κ1) is 16.3. The van der Waals surface area contributed by atoms with E-state index in [4.69, 9.17) is 5.11 Å². The van der Waals surface area contributed by atoms with E-state index in [0.29, 0.717) is 12.2 Å². The molecule has 0 amide bonds. The average molecular weight is 327 g/mol. The zero-order chi connectivity index (χ0) is 16.9. The topological polar surface area (TPSA) is 92.1 Å². The van der Waals surface area contributed by atoms with E-state index in [1.807, 2.05) is 19.1 Å². The van der Waals surface area contributed by atoms with Gasteiger partial charge in [-0.1, -0.05) is 0 Å². The molecule has 0 spiro atoms. The molecule has 1 aliphatic heterocycles. The third-order valence-electron chi connectivity index (χ3n) is 4.18. The largest absolute Gasteiger partial charge is 0.481 e. The lowest BCUT2D eigenvalue weighted by Crippen LogP contribution is -2.35. The molecular formula is C17H21N5O2. The number of anilines is 1. The maximum Gasteiger partial charge on any atom is 0.303 e. The van der Waals surface area contributed by atoms with Gasteiger partial charge in [-0.2, -0.15) is 0 Å². The van der Waals surface area contributed by atoms with Crippen LogP contribution in [0.2, 0.25) is 0 Å². The van der Waals surface area contributed by atoms with Crippen molar-refractivity contribution in [3.8, 4) is 0 Å². The molecule has 3 heterocycles. The summed E-state index contributed by atoms with van der Waals surface area (Å²) in [4.78, 5) is 30.6. The number of hydrogen-bond acceptors (Lipinski definition) is 6. The monoisotopic (exact) mass is 327 g/mol. The fourth-order valence-electron chi connectivity index (χ4n) is 3.08. The van der Waals surface area contributed by atoms with Crippen LogP contribution in [0.4, 0.5) is 5.95 Å². The highest BCUT2D eigenvalue weighted by atomic mass is 16.4. The molecule has 7 heteroatoms. The molecule has 24 heavy (non-hydrogen) atoms. The highest BCUT2D eigenvalue weighted by Gasteiger charge is 2.24. The molecule has 1 atom stereocenters. The van der Waals surface area contributed by atoms with Crippen LogP contribution in [0.1, 0.15) is 42.4 Å². The summed E-state index contributed by atoms with van der Waals surface area (Å²) in [6, 6.07) is 3.77. The van der Waals surface area contributed by atoms with Crippen molar-refractivity contribution in [1.29, 1.82) is 0 Å². The molecule has 0 radical (unpaired) electrons. The summed E-state index contributed by atoms with van der Waals surface area (Å²) in [5.41, 5.74) is 1.79. The van der Waals surface area contributed by atoms with Crippen LogP contribution in [-0.4, -0.2) is 44.1 Å². The Labute approximate surface area is 140 Å². The smallest absolute Gasteiger partial charge is 0.303 e. The Morgan fingerprint density at radius 1 is 1.33 bits per heavy atom. The molecule has 1 aliphatic rings. The minimum Gasteiger partial charge on any atom is -0.481 e. The van der Waals surface area contributed by atoms with Crippen molar-refractivity contribution in [2.75, 3.05) is 18.0 Å². The highest BCUT2D eigenvalue weighted by molar-refractivity contribution is 5.66. The Kier molecular flexibility index (Phi) is 4.98. The minimum atomic E-state index is -0.808. The molecule has 2 aromatic heterocycles. The Bertz CT molecular complexity index is 707. The summed E-state index contributed by atoms with van der Waals surface area (Å²) >= 11 is 0. The number of nitrogens with zero attached hydrogens (tertiary/aromatic N) is 5. The lowest BCUT2D eigenvalue weighted by Gasteiger charge is -2.32. The van der Waals surface area contributed by atoms with Gasteiger partial charge >= 0.3 is 5.97 Å². The summed E-state index contributed by atoms with van der Waals surface area (Å²) in [6.07, 6.45) is 6.14. The highest BCUT2D eigenvalue weighted by Crippen LogP contribution is 2.27. The van der Waals surface area contributed by atoms with Gasteiger partial charge in [0, 0.05) is 49.2 Å². The molecule has 0 saturated carbocycles. The van der Waals surface area contributed by atoms with Crippen LogP contribution in [0.3, 0.4) is 0 Å². The maximum absolute atomic E-state index is 10.8. The first-order valence-electron chi connectivity index (χ1n) is 8.20. The van der Waals surface area contributed by atoms with E-state index in [2.05, 4.69) is 24.8 Å². The fraction of sp³-hybridized carbons (Fsp3) is 0.471. The van der Waals surface area contributed by atoms with Gasteiger partial charge in [0.2, 0.25) is 5.95 Å². The first-order chi connectivity index (χ1) is 11.6. The van der Waals surface area contributed by atoms with E-state index in [0.717, 1.165) is 43.3 Å². The van der Waals surface area contributed by atoms with E-state index in [9.17, 15) is 4.79 Å². The Morgan fingerprint density at radius 2 is 2.12 bits per heavy atom. The number of aryl methyl sites for hydroxylation is 2. The van der Waals surface area contributed by atoms with Gasteiger partial charge in [0.05, 0.1) is 6.42 Å². The number of aliphatic carboxylic acids is 1. The van der Waals surface area contributed by atoms with Crippen LogP contribution in [-0.2, 0) is 11.2 Å². The number of piperidine rings is 1. The molecule has 1 N–H and O–H groups in total. The first-order valence-corrected chi connectivity index (χ1v) is 8.20. The molecule has 3 rings (SSSR count). The molecule has 1 saturated heterocycles. The molecule has 0 aromatic carbocycles. The fourth-order valence-corrected chi connectivity index (χ4v) is 3.08. The van der Waals surface area contributed by atoms with Crippen molar-refractivity contribution >= 4 is 11.9 Å². The lowest BCUT2D eigenvalue weighted by molar-refractivity contribution is -0.136. The van der Waals surface area contributed by atoms with Gasteiger partial charge in [-0.05, 0) is 31.9 Å². The number of rotatable bonds is 5. The zero-order valence-corrected chi connectivity index (χ0v) is 13.7. The summed E-state index contributed by atoms with van der Waals surface area (Å²) in [7, 11) is 0. The number of aromatic nitrogens is 4. The molecule has 7 nitrogen and oxygen atoms in total. The molecule has 126 valence electrons. The van der Waals surface area contributed by atoms with Gasteiger partial charge in [-0.15, -0.1) is 0 Å². The second-order valence-electron chi connectivity index (χ2n) is 6.06. The SMILES string of the molecule is Cc1nc(CCC(=O)O)cc(C2CCCN(c3ncccn3)C2)n1. The maximum atomic E-state index is 10.8. The quantitative estimate of drug-likeness (QED) is 0.897. The number of carbonyl (C=O) groups is 1. The van der Waals surface area contributed by atoms with Crippen molar-refractivity contribution in [1.82, 2.24) is 19.9 Å². The summed E-state index contributed by atoms with van der Waals surface area (Å²) in [6.45, 7) is 3.62. The van der Waals surface area contributed by atoms with Crippen LogP contribution in [0.15, 0.2) is 24.5 Å². The summed E-state index contributed by atoms with van der Waals surface area (Å²) < 4.78 is 0. The van der Waals surface area contributed by atoms with Crippen LogP contribution in [0, 0.1) is 6.92 Å². The lowest BCUT2D eigenvalue weighted by atomic mass is 9.94. The third-order valence-corrected chi connectivity index (χ3v) is 4.18. The van der Waals surface area contributed by atoms with E-state index in [-0.39, 0.29) is 12.3 Å². The normalized spacial score (nSPS) is 17.7. The molecule has 0 aliphatic carbocycles. The van der Waals surface area contributed by atoms with Gasteiger partial charge in [0.25, 0.3) is 0 Å². The van der Waals surface area contributed by atoms with Crippen molar-refractivity contribution < 1.29 is 9.90 Å². The molecule has 2 aromatic rings. The van der Waals surface area contributed by atoms with Crippen LogP contribution >= 0.6 is 0 Å². The number of carboxylic acids is 1. The Morgan fingerprint density at radius 3 is 2.88 bits per heavy atom. The summed E-state index contributed by atoms with van der Waals surface area (Å²) in [5.74, 6) is 0.922. The van der Waals surface area contributed by atoms with Crippen LogP contribution in [0.5, 0.6) is 0 Å². The standard InChI is InChI=1S/C17H21N5O2/c1-12-20-14(5-6-16(23)24)10-15(21-12)13-4-2-9-22(11-13)17-18-7-3-8-19-17/h3,7-8,10,13H,2,4-6,9,11H2,1H3,(H,23,24). The van der Waals surface area contributed by atoms with Crippen molar-refractivity contribution in [2.24, 2.45) is 0 Å². The van der Waals surface area contributed by atoms with Crippen molar-refractivity contribution in [3.63, 3.8) is 0 Å². The predicted octanol–water partition coefficient (Wildman–Crippen LogP) is 1.98. The molecular weight excluding hydrogens is 306 g/mol. The zero-order valence-electron chi connectivity index (χ0n) is 13.7. The number of carboxylic acid groups (broad SMARTS) is 1. The molecule has 0 bridgehead atoms. The van der Waals surface area contributed by atoms with E-state index in [1.165, 1.54) is 0 Å². The third kappa shape index (κ3) is 4.04. The second-order valence-corrected chi connectivity index (χ2v) is 6.06. The van der Waals surface area contributed by atoms with Gasteiger partial charge in [0.1, 0.15) is 5.82 Å². The van der Waals surface area contributed by atoms with Crippen molar-refractivity contribution in [2.45, 2.75) is 38.5 Å². The Hall–Kier alpha value is -2.57. The van der Waals surface area contributed by atoms with Gasteiger partial charge in [-0.25, -0.2) is 19.9 Å². The van der Waals surface area contributed by atoms with E-state index < -0.39 is 5.97 Å². The van der Waals surface area contributed by atoms with E-state index in [1.54, 1.807) is 12.4 Å². The van der Waals surface area contributed by atoms with Crippen LogP contribution in [0.25, 0.3) is 0 Å². The van der Waals surface area contributed by atoms with Gasteiger partial charge < -0.3 is 10.0 Å². The average Bonchev–Trinajstić information content (AvgIpc) is 2.60. The number of hydrogen-bond donors (Lipinski definition) is 1. The molecule has 1 fully saturated rings. The van der Waals surface area contributed by atoms with Crippen molar-refractivity contribution in [3.05, 3.63) is 41.7 Å². The minimum absolute atomic E-state index is 0.0878. The second kappa shape index (κ2) is 7.33.